The molecule has 1 aromatic carbocycles. The minimum absolute atomic E-state index is 0.0237. The van der Waals surface area contributed by atoms with Gasteiger partial charge < -0.3 is 14.7 Å². The zero-order valence-electron chi connectivity index (χ0n) is 11.4. The predicted octanol–water partition coefficient (Wildman–Crippen LogP) is 2.26. The molecule has 0 fully saturated rings. The smallest absolute Gasteiger partial charge is 0.305 e. The van der Waals surface area contributed by atoms with Crippen molar-refractivity contribution < 1.29 is 14.6 Å². The van der Waals surface area contributed by atoms with Gasteiger partial charge in [0, 0.05) is 18.7 Å². The third kappa shape index (κ3) is 3.62. The molecule has 102 valence electrons. The Balaban J connectivity index is 3.16. The molecule has 0 amide bonds. The fourth-order valence-electron chi connectivity index (χ4n) is 2.05. The maximum absolute atomic E-state index is 10.8. The highest BCUT2D eigenvalue weighted by Gasteiger charge is 2.19. The van der Waals surface area contributed by atoms with Crippen LogP contribution in [0.5, 0.6) is 5.75 Å². The second kappa shape index (κ2) is 6.64. The van der Waals surface area contributed by atoms with E-state index in [4.69, 9.17) is 15.1 Å². The number of hydrogen-bond donors (Lipinski definition) is 1. The van der Waals surface area contributed by atoms with Crippen LogP contribution in [0.3, 0.4) is 0 Å². The lowest BCUT2D eigenvalue weighted by atomic mass is 10.1. The fraction of sp³-hybridized carbons (Fsp3) is 0.429. The molecule has 0 radical (unpaired) electrons. The highest BCUT2D eigenvalue weighted by Crippen LogP contribution is 2.27. The molecule has 1 unspecified atom stereocenters. The van der Waals surface area contributed by atoms with Crippen LogP contribution < -0.4 is 9.64 Å². The number of aliphatic carboxylic acids is 1. The first kappa shape index (κ1) is 14.8. The molecule has 0 spiro atoms. The first-order chi connectivity index (χ1) is 9.03. The maximum Gasteiger partial charge on any atom is 0.305 e. The Kier molecular flexibility index (Phi) is 5.19. The lowest BCUT2D eigenvalue weighted by Crippen LogP contribution is -2.35. The van der Waals surface area contributed by atoms with Crippen LogP contribution in [0, 0.1) is 11.3 Å². The Morgan fingerprint density at radius 1 is 1.58 bits per heavy atom. The summed E-state index contributed by atoms with van der Waals surface area (Å²) in [6, 6.07) is 7.10. The van der Waals surface area contributed by atoms with Crippen molar-refractivity contribution in [2.45, 2.75) is 26.3 Å². The van der Waals surface area contributed by atoms with E-state index >= 15 is 0 Å². The van der Waals surface area contributed by atoms with E-state index in [1.165, 1.54) is 0 Å². The Morgan fingerprint density at radius 2 is 2.26 bits per heavy atom. The van der Waals surface area contributed by atoms with Gasteiger partial charge in [0.1, 0.15) is 11.8 Å². The van der Waals surface area contributed by atoms with Gasteiger partial charge in [0.05, 0.1) is 24.8 Å². The summed E-state index contributed by atoms with van der Waals surface area (Å²) in [6.45, 7) is 4.38. The molecule has 0 saturated carbocycles. The standard InChI is InChI=1S/C14H18N2O3/c1-4-16(10(2)7-14(17)18)13-8-12(19-3)6-5-11(13)9-15/h5-6,8,10H,4,7H2,1-3H3,(H,17,18). The number of carboxylic acid groups (broad SMARTS) is 1. The molecule has 0 aromatic heterocycles. The van der Waals surface area contributed by atoms with Crippen molar-refractivity contribution in [2.75, 3.05) is 18.6 Å². The summed E-state index contributed by atoms with van der Waals surface area (Å²) in [5.74, 6) is -0.206. The number of benzene rings is 1. The highest BCUT2D eigenvalue weighted by molar-refractivity contribution is 5.69. The molecule has 0 aliphatic carbocycles. The summed E-state index contributed by atoms with van der Waals surface area (Å²) >= 11 is 0. The van der Waals surface area contributed by atoms with Gasteiger partial charge in [-0.25, -0.2) is 0 Å². The molecule has 0 aliphatic heterocycles. The molecular formula is C14H18N2O3. The molecule has 0 saturated heterocycles. The molecular weight excluding hydrogens is 244 g/mol. The van der Waals surface area contributed by atoms with E-state index in [0.717, 1.165) is 0 Å². The summed E-state index contributed by atoms with van der Waals surface area (Å²) in [5.41, 5.74) is 1.22. The van der Waals surface area contributed by atoms with Gasteiger partial charge in [0.15, 0.2) is 0 Å². The third-order valence-electron chi connectivity index (χ3n) is 2.98. The molecule has 0 heterocycles. The van der Waals surface area contributed by atoms with E-state index in [1.807, 2.05) is 18.7 Å². The van der Waals surface area contributed by atoms with Crippen LogP contribution in [0.2, 0.25) is 0 Å². The first-order valence-corrected chi connectivity index (χ1v) is 6.10. The van der Waals surface area contributed by atoms with Gasteiger partial charge in [-0.1, -0.05) is 0 Å². The van der Waals surface area contributed by atoms with E-state index in [-0.39, 0.29) is 12.5 Å². The summed E-state index contributed by atoms with van der Waals surface area (Å²) in [5, 5.41) is 18.0. The van der Waals surface area contributed by atoms with Gasteiger partial charge in [-0.15, -0.1) is 0 Å². The van der Waals surface area contributed by atoms with Crippen molar-refractivity contribution in [1.29, 1.82) is 5.26 Å². The van der Waals surface area contributed by atoms with Crippen LogP contribution in [-0.2, 0) is 4.79 Å². The van der Waals surface area contributed by atoms with Gasteiger partial charge in [0.25, 0.3) is 0 Å². The molecule has 1 atom stereocenters. The molecule has 1 N–H and O–H groups in total. The number of nitriles is 1. The minimum Gasteiger partial charge on any atom is -0.497 e. The van der Waals surface area contributed by atoms with Crippen molar-refractivity contribution in [1.82, 2.24) is 0 Å². The molecule has 0 bridgehead atoms. The third-order valence-corrected chi connectivity index (χ3v) is 2.98. The average Bonchev–Trinajstić information content (AvgIpc) is 2.38. The van der Waals surface area contributed by atoms with Gasteiger partial charge >= 0.3 is 5.97 Å². The van der Waals surface area contributed by atoms with E-state index in [9.17, 15) is 4.79 Å². The number of methoxy groups -OCH3 is 1. The van der Waals surface area contributed by atoms with E-state index in [2.05, 4.69) is 6.07 Å². The van der Waals surface area contributed by atoms with Crippen molar-refractivity contribution in [3.63, 3.8) is 0 Å². The van der Waals surface area contributed by atoms with Crippen molar-refractivity contribution in [2.24, 2.45) is 0 Å². The monoisotopic (exact) mass is 262 g/mol. The lowest BCUT2D eigenvalue weighted by Gasteiger charge is -2.30. The zero-order chi connectivity index (χ0) is 14.4. The average molecular weight is 262 g/mol. The number of hydrogen-bond acceptors (Lipinski definition) is 4. The van der Waals surface area contributed by atoms with E-state index < -0.39 is 5.97 Å². The molecule has 1 aromatic rings. The SMILES string of the molecule is CCN(c1cc(OC)ccc1C#N)C(C)CC(=O)O. The van der Waals surface area contributed by atoms with Crippen molar-refractivity contribution in [3.05, 3.63) is 23.8 Å². The van der Waals surface area contributed by atoms with Gasteiger partial charge in [-0.05, 0) is 26.0 Å². The topological polar surface area (TPSA) is 73.6 Å². The highest BCUT2D eigenvalue weighted by atomic mass is 16.5. The second-order valence-electron chi connectivity index (χ2n) is 4.23. The number of carbonyl (C=O) groups is 1. The zero-order valence-corrected chi connectivity index (χ0v) is 11.4. The van der Waals surface area contributed by atoms with Gasteiger partial charge in [-0.2, -0.15) is 5.26 Å². The predicted molar refractivity (Wildman–Crippen MR) is 72.4 cm³/mol. The van der Waals surface area contributed by atoms with E-state index in [1.54, 1.807) is 25.3 Å². The summed E-state index contributed by atoms with van der Waals surface area (Å²) in [7, 11) is 1.56. The number of anilines is 1. The van der Waals surface area contributed by atoms with Gasteiger partial charge in [0.2, 0.25) is 0 Å². The summed E-state index contributed by atoms with van der Waals surface area (Å²) in [4.78, 5) is 12.7. The number of rotatable bonds is 6. The number of carboxylic acids is 1. The fourth-order valence-corrected chi connectivity index (χ4v) is 2.05. The Morgan fingerprint density at radius 3 is 2.74 bits per heavy atom. The van der Waals surface area contributed by atoms with Crippen LogP contribution in [0.15, 0.2) is 18.2 Å². The second-order valence-corrected chi connectivity index (χ2v) is 4.23. The Bertz CT molecular complexity index is 494. The molecule has 5 nitrogen and oxygen atoms in total. The largest absolute Gasteiger partial charge is 0.497 e. The molecule has 0 aliphatic rings. The number of nitrogens with zero attached hydrogens (tertiary/aromatic N) is 2. The molecule has 5 heteroatoms. The van der Waals surface area contributed by atoms with Crippen LogP contribution in [0.4, 0.5) is 5.69 Å². The lowest BCUT2D eigenvalue weighted by molar-refractivity contribution is -0.137. The summed E-state index contributed by atoms with van der Waals surface area (Å²) < 4.78 is 5.16. The Hall–Kier alpha value is -2.22. The van der Waals surface area contributed by atoms with Crippen LogP contribution in [0.25, 0.3) is 0 Å². The summed E-state index contributed by atoms with van der Waals surface area (Å²) in [6.07, 6.45) is 0.0237. The van der Waals surface area contributed by atoms with Gasteiger partial charge in [-0.3, -0.25) is 4.79 Å². The van der Waals surface area contributed by atoms with Crippen LogP contribution in [-0.4, -0.2) is 30.8 Å². The van der Waals surface area contributed by atoms with Crippen LogP contribution in [0.1, 0.15) is 25.8 Å². The first-order valence-electron chi connectivity index (χ1n) is 6.10. The number of ether oxygens (including phenoxy) is 1. The van der Waals surface area contributed by atoms with Crippen LogP contribution >= 0.6 is 0 Å². The van der Waals surface area contributed by atoms with Crippen molar-refractivity contribution >= 4 is 11.7 Å². The maximum atomic E-state index is 10.8. The van der Waals surface area contributed by atoms with E-state index in [0.29, 0.717) is 23.5 Å². The quantitative estimate of drug-likeness (QED) is 0.851. The van der Waals surface area contributed by atoms with Crippen molar-refractivity contribution in [3.8, 4) is 11.8 Å². The molecule has 1 rings (SSSR count). The Labute approximate surface area is 113 Å². The minimum atomic E-state index is -0.854. The normalized spacial score (nSPS) is 11.5. The molecule has 19 heavy (non-hydrogen) atoms.